The van der Waals surface area contributed by atoms with Crippen LogP contribution >= 0.6 is 0 Å². The highest BCUT2D eigenvalue weighted by Gasteiger charge is 2.20. The lowest BCUT2D eigenvalue weighted by Crippen LogP contribution is -2.38. The quantitative estimate of drug-likeness (QED) is 0.383. The Balaban J connectivity index is 1.44. The maximum absolute atomic E-state index is 14.0. The molecule has 0 aliphatic carbocycles. The van der Waals surface area contributed by atoms with Crippen molar-refractivity contribution in [3.8, 4) is 17.0 Å². The Morgan fingerprint density at radius 3 is 2.77 bits per heavy atom. The Kier molecular flexibility index (Phi) is 6.23. The molecule has 35 heavy (non-hydrogen) atoms. The average Bonchev–Trinajstić information content (AvgIpc) is 3.29. The van der Waals surface area contributed by atoms with Gasteiger partial charge in [0.1, 0.15) is 17.4 Å². The Morgan fingerprint density at radius 2 is 2.00 bits per heavy atom. The van der Waals surface area contributed by atoms with Crippen molar-refractivity contribution in [2.75, 3.05) is 25.6 Å². The largest absolute Gasteiger partial charge is 0.496 e. The zero-order chi connectivity index (χ0) is 24.4. The summed E-state index contributed by atoms with van der Waals surface area (Å²) in [6.07, 6.45) is 3.07. The number of benzene rings is 2. The number of ether oxygens (including phenoxy) is 2. The first-order valence-corrected chi connectivity index (χ1v) is 11.0. The van der Waals surface area contributed by atoms with Crippen LogP contribution in [0.4, 0.5) is 20.4 Å². The van der Waals surface area contributed by atoms with Crippen LogP contribution in [-0.4, -0.2) is 52.4 Å². The van der Waals surface area contributed by atoms with Gasteiger partial charge < -0.3 is 20.1 Å². The minimum atomic E-state index is -0.767. The number of carbonyl (C=O) groups is 1. The molecule has 5 rings (SSSR count). The van der Waals surface area contributed by atoms with E-state index < -0.39 is 11.6 Å². The second-order valence-corrected chi connectivity index (χ2v) is 8.05. The molecule has 1 amide bonds. The van der Waals surface area contributed by atoms with Crippen molar-refractivity contribution in [2.24, 2.45) is 0 Å². The Hall–Kier alpha value is -4.12. The second kappa shape index (κ2) is 9.63. The van der Waals surface area contributed by atoms with Gasteiger partial charge in [-0.1, -0.05) is 0 Å². The monoisotopic (exact) mass is 480 g/mol. The van der Waals surface area contributed by atoms with Crippen molar-refractivity contribution in [2.45, 2.75) is 18.9 Å². The summed E-state index contributed by atoms with van der Waals surface area (Å²) in [5, 5.41) is 13.5. The van der Waals surface area contributed by atoms with E-state index in [-0.39, 0.29) is 23.6 Å². The molecule has 1 aliphatic rings. The smallest absolute Gasteiger partial charge is 0.251 e. The van der Waals surface area contributed by atoms with Gasteiger partial charge >= 0.3 is 0 Å². The highest BCUT2D eigenvalue weighted by Crippen LogP contribution is 2.34. The van der Waals surface area contributed by atoms with Crippen LogP contribution < -0.4 is 15.4 Å². The normalized spacial score (nSPS) is 14.1. The molecule has 0 unspecified atom stereocenters. The molecule has 0 saturated carbocycles. The molecule has 9 nitrogen and oxygen atoms in total. The lowest BCUT2D eigenvalue weighted by atomic mass is 10.0. The fourth-order valence-electron chi connectivity index (χ4n) is 3.94. The molecule has 1 saturated heterocycles. The van der Waals surface area contributed by atoms with Crippen molar-refractivity contribution < 1.29 is 23.0 Å². The van der Waals surface area contributed by atoms with Crippen LogP contribution in [0.1, 0.15) is 23.2 Å². The van der Waals surface area contributed by atoms with E-state index in [0.717, 1.165) is 25.0 Å². The third kappa shape index (κ3) is 4.76. The van der Waals surface area contributed by atoms with Crippen LogP contribution in [0, 0.1) is 11.6 Å². The van der Waals surface area contributed by atoms with Gasteiger partial charge in [0.25, 0.3) is 5.91 Å². The van der Waals surface area contributed by atoms with Gasteiger partial charge in [0.05, 0.1) is 23.9 Å². The summed E-state index contributed by atoms with van der Waals surface area (Å²) >= 11 is 0. The highest BCUT2D eigenvalue weighted by molar-refractivity contribution is 5.98. The van der Waals surface area contributed by atoms with E-state index in [4.69, 9.17) is 9.47 Å². The zero-order valence-electron chi connectivity index (χ0n) is 18.8. The van der Waals surface area contributed by atoms with Gasteiger partial charge in [-0.3, -0.25) is 9.89 Å². The number of nitrogens with one attached hydrogen (secondary N) is 3. The molecule has 11 heteroatoms. The SMILES string of the molecule is COc1ccc(C(=O)NC2CCOCC2)cc1-c1[nH]nc2nc(Nc3ccc(F)cc3F)ncc12. The molecular formula is C24H22F2N6O3. The summed E-state index contributed by atoms with van der Waals surface area (Å²) in [5.41, 5.74) is 2.01. The molecule has 0 bridgehead atoms. The predicted molar refractivity (Wildman–Crippen MR) is 125 cm³/mol. The van der Waals surface area contributed by atoms with Crippen molar-refractivity contribution >= 4 is 28.6 Å². The summed E-state index contributed by atoms with van der Waals surface area (Å²) in [6, 6.07) is 8.37. The molecular weight excluding hydrogens is 458 g/mol. The second-order valence-electron chi connectivity index (χ2n) is 8.05. The number of halogens is 2. The number of hydrogen-bond acceptors (Lipinski definition) is 7. The van der Waals surface area contributed by atoms with Gasteiger partial charge in [0, 0.05) is 42.6 Å². The van der Waals surface area contributed by atoms with Crippen LogP contribution in [0.5, 0.6) is 5.75 Å². The Bertz CT molecular complexity index is 1390. The fourth-order valence-corrected chi connectivity index (χ4v) is 3.94. The molecule has 0 spiro atoms. The van der Waals surface area contributed by atoms with Crippen molar-refractivity contribution in [1.29, 1.82) is 0 Å². The Labute approximate surface area is 198 Å². The van der Waals surface area contributed by atoms with E-state index >= 15 is 0 Å². The van der Waals surface area contributed by atoms with E-state index in [2.05, 4.69) is 30.8 Å². The molecule has 4 aromatic rings. The molecule has 1 aliphatic heterocycles. The average molecular weight is 480 g/mol. The number of methoxy groups -OCH3 is 1. The molecule has 180 valence electrons. The topological polar surface area (TPSA) is 114 Å². The summed E-state index contributed by atoms with van der Waals surface area (Å²) < 4.78 is 38.0. The summed E-state index contributed by atoms with van der Waals surface area (Å²) in [6.45, 7) is 1.26. The van der Waals surface area contributed by atoms with Crippen LogP contribution in [0.2, 0.25) is 0 Å². The number of H-pyrrole nitrogens is 1. The third-order valence-corrected chi connectivity index (χ3v) is 5.78. The summed E-state index contributed by atoms with van der Waals surface area (Å²) in [7, 11) is 1.54. The van der Waals surface area contributed by atoms with Gasteiger partial charge in [0.2, 0.25) is 5.95 Å². The zero-order valence-corrected chi connectivity index (χ0v) is 18.8. The lowest BCUT2D eigenvalue weighted by Gasteiger charge is -2.23. The van der Waals surface area contributed by atoms with E-state index in [0.29, 0.717) is 46.8 Å². The first-order valence-electron chi connectivity index (χ1n) is 11.0. The Morgan fingerprint density at radius 1 is 1.17 bits per heavy atom. The molecule has 1 fully saturated rings. The van der Waals surface area contributed by atoms with Crippen LogP contribution in [0.3, 0.4) is 0 Å². The van der Waals surface area contributed by atoms with Crippen LogP contribution in [0.25, 0.3) is 22.3 Å². The van der Waals surface area contributed by atoms with Gasteiger partial charge in [-0.2, -0.15) is 10.1 Å². The minimum absolute atomic E-state index is 0.0337. The summed E-state index contributed by atoms with van der Waals surface area (Å²) in [5.74, 6) is -1.00. The third-order valence-electron chi connectivity index (χ3n) is 5.78. The molecule has 2 aromatic carbocycles. The molecule has 2 aromatic heterocycles. The lowest BCUT2D eigenvalue weighted by molar-refractivity contribution is 0.0696. The number of hydrogen-bond donors (Lipinski definition) is 3. The number of nitrogens with zero attached hydrogens (tertiary/aromatic N) is 3. The number of rotatable bonds is 6. The van der Waals surface area contributed by atoms with Crippen molar-refractivity contribution in [1.82, 2.24) is 25.5 Å². The molecule has 0 atom stereocenters. The molecule has 3 heterocycles. The number of fused-ring (bicyclic) bond motifs is 1. The first-order chi connectivity index (χ1) is 17.0. The number of anilines is 2. The van der Waals surface area contributed by atoms with Gasteiger partial charge in [-0.05, 0) is 43.2 Å². The molecule has 3 N–H and O–H groups in total. The maximum atomic E-state index is 14.0. The first kappa shape index (κ1) is 22.7. The van der Waals surface area contributed by atoms with Gasteiger partial charge in [-0.25, -0.2) is 13.8 Å². The van der Waals surface area contributed by atoms with Crippen molar-refractivity contribution in [3.63, 3.8) is 0 Å². The minimum Gasteiger partial charge on any atom is -0.496 e. The molecule has 0 radical (unpaired) electrons. The highest BCUT2D eigenvalue weighted by atomic mass is 19.1. The maximum Gasteiger partial charge on any atom is 0.251 e. The number of amides is 1. The van der Waals surface area contributed by atoms with Gasteiger partial charge in [-0.15, -0.1) is 0 Å². The standard InChI is InChI=1S/C24H22F2N6O3/c1-34-20-5-2-13(23(33)28-15-6-8-35-9-7-15)10-16(20)21-17-12-27-24(30-22(17)32-31-21)29-19-4-3-14(25)11-18(19)26/h2-5,10-12,15H,6-9H2,1H3,(H,28,33)(H2,27,29,30,31,32). The van der Waals surface area contributed by atoms with Gasteiger partial charge in [0.15, 0.2) is 5.65 Å². The van der Waals surface area contributed by atoms with E-state index in [9.17, 15) is 13.6 Å². The van der Waals surface area contributed by atoms with Crippen LogP contribution in [-0.2, 0) is 4.74 Å². The number of aromatic nitrogens is 4. The number of carbonyl (C=O) groups excluding carboxylic acids is 1. The number of aromatic amines is 1. The fraction of sp³-hybridized carbons (Fsp3) is 0.250. The van der Waals surface area contributed by atoms with E-state index in [1.54, 1.807) is 18.2 Å². The van der Waals surface area contributed by atoms with Crippen molar-refractivity contribution in [3.05, 3.63) is 59.8 Å². The van der Waals surface area contributed by atoms with E-state index in [1.807, 2.05) is 0 Å². The van der Waals surface area contributed by atoms with E-state index in [1.165, 1.54) is 19.4 Å². The predicted octanol–water partition coefficient (Wildman–Crippen LogP) is 3.96. The van der Waals surface area contributed by atoms with Crippen LogP contribution in [0.15, 0.2) is 42.6 Å². The summed E-state index contributed by atoms with van der Waals surface area (Å²) in [4.78, 5) is 21.4.